The zero-order chi connectivity index (χ0) is 20.0. The van der Waals surface area contributed by atoms with Gasteiger partial charge in [-0.3, -0.25) is 0 Å². The van der Waals surface area contributed by atoms with Crippen LogP contribution in [0.4, 0.5) is 26.3 Å². The van der Waals surface area contributed by atoms with Crippen LogP contribution in [0.2, 0.25) is 0 Å². The molecule has 0 amide bonds. The Bertz CT molecular complexity index is 527. The highest BCUT2D eigenvalue weighted by Crippen LogP contribution is 2.54. The van der Waals surface area contributed by atoms with Crippen molar-refractivity contribution in [3.05, 3.63) is 12.2 Å². The minimum Gasteiger partial charge on any atom is -0.459 e. The molecule has 0 aromatic heterocycles. The lowest BCUT2D eigenvalue weighted by Crippen LogP contribution is -2.64. The van der Waals surface area contributed by atoms with Crippen LogP contribution >= 0.6 is 0 Å². The van der Waals surface area contributed by atoms with Gasteiger partial charge in [-0.25, -0.2) is 4.79 Å². The molecule has 10 heteroatoms. The van der Waals surface area contributed by atoms with E-state index in [0.717, 1.165) is 0 Å². The minimum atomic E-state index is -5.97. The van der Waals surface area contributed by atoms with Gasteiger partial charge in [0.2, 0.25) is 0 Å². The Hall–Kier alpha value is -1.29. The molecule has 0 spiro atoms. The molecule has 146 valence electrons. The maximum atomic E-state index is 12.8. The Balaban J connectivity index is 2.88. The first kappa shape index (κ1) is 21.8. The summed E-state index contributed by atoms with van der Waals surface area (Å²) in [6.45, 7) is 8.02. The lowest BCUT2D eigenvalue weighted by atomic mass is 9.95. The van der Waals surface area contributed by atoms with Gasteiger partial charge in [0, 0.05) is 11.5 Å². The maximum Gasteiger partial charge on any atom is 0.428 e. The molecule has 4 unspecified atom stereocenters. The van der Waals surface area contributed by atoms with Gasteiger partial charge in [0.15, 0.2) is 0 Å². The Kier molecular flexibility index (Phi) is 5.62. The van der Waals surface area contributed by atoms with E-state index in [1.54, 1.807) is 0 Å². The summed E-state index contributed by atoms with van der Waals surface area (Å²) < 4.78 is 86.9. The molecule has 1 saturated carbocycles. The molecule has 0 aromatic rings. The number of carbonyl (C=O) groups excluding carboxylic acids is 1. The molecule has 4 nitrogen and oxygen atoms in total. The first-order chi connectivity index (χ1) is 11.0. The van der Waals surface area contributed by atoms with Gasteiger partial charge in [-0.15, -0.1) is 0 Å². The Morgan fingerprint density at radius 2 is 1.64 bits per heavy atom. The van der Waals surface area contributed by atoms with Gasteiger partial charge in [0.1, 0.15) is 12.2 Å². The number of halogens is 6. The van der Waals surface area contributed by atoms with Gasteiger partial charge in [0.05, 0.1) is 5.60 Å². The molecule has 1 rings (SSSR count). The molecule has 1 aliphatic carbocycles. The van der Waals surface area contributed by atoms with Gasteiger partial charge in [-0.2, -0.15) is 26.3 Å². The van der Waals surface area contributed by atoms with Crippen molar-refractivity contribution in [2.45, 2.75) is 69.9 Å². The SMILES string of the molecule is C=C(C)C(=O)OC(C)C1CC1(C)OC(C)C(O)(C(F)(F)F)C(F)(F)F. The van der Waals surface area contributed by atoms with E-state index in [2.05, 4.69) is 6.58 Å². The third kappa shape index (κ3) is 4.11. The monoisotopic (exact) mass is 378 g/mol. The number of hydrogen-bond donors (Lipinski definition) is 1. The fourth-order valence-corrected chi connectivity index (χ4v) is 2.64. The van der Waals surface area contributed by atoms with Crippen LogP contribution in [0.1, 0.15) is 34.1 Å². The van der Waals surface area contributed by atoms with Crippen LogP contribution in [0.15, 0.2) is 12.2 Å². The van der Waals surface area contributed by atoms with E-state index in [-0.39, 0.29) is 12.0 Å². The predicted octanol–water partition coefficient (Wildman–Crippen LogP) is 3.53. The van der Waals surface area contributed by atoms with Gasteiger partial charge in [-0.05, 0) is 34.1 Å². The Morgan fingerprint density at radius 1 is 1.20 bits per heavy atom. The van der Waals surface area contributed by atoms with E-state index in [1.807, 2.05) is 0 Å². The van der Waals surface area contributed by atoms with E-state index in [1.165, 1.54) is 20.8 Å². The first-order valence-corrected chi connectivity index (χ1v) is 7.37. The topological polar surface area (TPSA) is 55.8 Å². The van der Waals surface area contributed by atoms with Crippen molar-refractivity contribution in [2.75, 3.05) is 0 Å². The first-order valence-electron chi connectivity index (χ1n) is 7.37. The molecular formula is C15H20F6O4. The molecule has 0 bridgehead atoms. The number of esters is 1. The lowest BCUT2D eigenvalue weighted by Gasteiger charge is -2.38. The number of aliphatic hydroxyl groups is 1. The molecule has 1 N–H and O–H groups in total. The molecule has 0 saturated heterocycles. The quantitative estimate of drug-likeness (QED) is 0.437. The molecule has 0 aromatic carbocycles. The highest BCUT2D eigenvalue weighted by molar-refractivity contribution is 5.87. The summed E-state index contributed by atoms with van der Waals surface area (Å²) in [7, 11) is 0. The number of hydrogen-bond acceptors (Lipinski definition) is 4. The number of ether oxygens (including phenoxy) is 2. The van der Waals surface area contributed by atoms with Gasteiger partial charge < -0.3 is 14.6 Å². The van der Waals surface area contributed by atoms with Gasteiger partial charge >= 0.3 is 18.3 Å². The third-order valence-corrected chi connectivity index (χ3v) is 4.36. The summed E-state index contributed by atoms with van der Waals surface area (Å²) in [5.41, 5.74) is -6.29. The van der Waals surface area contributed by atoms with Crippen molar-refractivity contribution in [2.24, 2.45) is 5.92 Å². The third-order valence-electron chi connectivity index (χ3n) is 4.36. The van der Waals surface area contributed by atoms with Gasteiger partial charge in [0.25, 0.3) is 5.60 Å². The van der Waals surface area contributed by atoms with Gasteiger partial charge in [-0.1, -0.05) is 6.58 Å². The van der Waals surface area contributed by atoms with Crippen molar-refractivity contribution < 1.29 is 45.7 Å². The Labute approximate surface area is 140 Å². The van der Waals surface area contributed by atoms with Crippen LogP contribution < -0.4 is 0 Å². The second-order valence-corrected chi connectivity index (χ2v) is 6.54. The standard InChI is InChI=1S/C15H20F6O4/c1-7(2)11(22)24-8(3)10-6-12(10,5)25-9(4)13(23,14(16,17)18)15(19,20)21/h8-10,23H,1,6H2,2-5H3. The summed E-state index contributed by atoms with van der Waals surface area (Å²) in [4.78, 5) is 11.4. The average Bonchev–Trinajstić information content (AvgIpc) is 3.06. The summed E-state index contributed by atoms with van der Waals surface area (Å²) in [6.07, 6.45) is -15.3. The van der Waals surface area contributed by atoms with Crippen LogP contribution in [0, 0.1) is 5.92 Å². The van der Waals surface area contributed by atoms with Crippen molar-refractivity contribution in [1.29, 1.82) is 0 Å². The van der Waals surface area contributed by atoms with Crippen molar-refractivity contribution in [1.82, 2.24) is 0 Å². The van der Waals surface area contributed by atoms with E-state index >= 15 is 0 Å². The second kappa shape index (κ2) is 6.46. The molecule has 0 heterocycles. The normalized spacial score (nSPS) is 26.8. The van der Waals surface area contributed by atoms with E-state index in [9.17, 15) is 36.2 Å². The molecule has 1 aliphatic rings. The molecule has 0 aliphatic heterocycles. The van der Waals surface area contributed by atoms with Crippen molar-refractivity contribution in [3.63, 3.8) is 0 Å². The van der Waals surface area contributed by atoms with Crippen molar-refractivity contribution >= 4 is 5.97 Å². The molecule has 25 heavy (non-hydrogen) atoms. The fourth-order valence-electron chi connectivity index (χ4n) is 2.64. The Morgan fingerprint density at radius 3 is 2.00 bits per heavy atom. The molecule has 4 atom stereocenters. The number of carbonyl (C=O) groups is 1. The zero-order valence-electron chi connectivity index (χ0n) is 14.1. The highest BCUT2D eigenvalue weighted by atomic mass is 19.4. The molecule has 0 radical (unpaired) electrons. The summed E-state index contributed by atoms with van der Waals surface area (Å²) in [5.74, 6) is -1.33. The largest absolute Gasteiger partial charge is 0.459 e. The van der Waals surface area contributed by atoms with Crippen molar-refractivity contribution in [3.8, 4) is 0 Å². The van der Waals surface area contributed by atoms with Crippen LogP contribution in [0.25, 0.3) is 0 Å². The summed E-state index contributed by atoms with van der Waals surface area (Å²) >= 11 is 0. The molecular weight excluding hydrogens is 358 g/mol. The lowest BCUT2D eigenvalue weighted by molar-refractivity contribution is -0.396. The van der Waals surface area contributed by atoms with E-state index in [4.69, 9.17) is 9.47 Å². The van der Waals surface area contributed by atoms with Crippen LogP contribution in [0.3, 0.4) is 0 Å². The number of rotatable bonds is 6. The molecule has 1 fully saturated rings. The smallest absolute Gasteiger partial charge is 0.428 e. The maximum absolute atomic E-state index is 12.8. The fraction of sp³-hybridized carbons (Fsp3) is 0.800. The van der Waals surface area contributed by atoms with E-state index in [0.29, 0.717) is 6.92 Å². The van der Waals surface area contributed by atoms with Crippen LogP contribution in [-0.2, 0) is 14.3 Å². The number of alkyl halides is 6. The zero-order valence-corrected chi connectivity index (χ0v) is 14.1. The van der Waals surface area contributed by atoms with Crippen LogP contribution in [-0.4, -0.2) is 46.8 Å². The van der Waals surface area contributed by atoms with Crippen LogP contribution in [0.5, 0.6) is 0 Å². The second-order valence-electron chi connectivity index (χ2n) is 6.54. The average molecular weight is 378 g/mol. The highest BCUT2D eigenvalue weighted by Gasteiger charge is 2.75. The summed E-state index contributed by atoms with van der Waals surface area (Å²) in [5, 5.41) is 9.32. The predicted molar refractivity (Wildman–Crippen MR) is 74.5 cm³/mol. The van der Waals surface area contributed by atoms with E-state index < -0.39 is 47.6 Å². The summed E-state index contributed by atoms with van der Waals surface area (Å²) in [6, 6.07) is 0. The minimum absolute atomic E-state index is 0.0772.